The SMILES string of the molecule is COc1ccc(-c2cn[nH]c2N)cc1Cl. The summed E-state index contributed by atoms with van der Waals surface area (Å²) in [4.78, 5) is 0. The highest BCUT2D eigenvalue weighted by molar-refractivity contribution is 6.32. The maximum atomic E-state index is 6.00. The van der Waals surface area contributed by atoms with Gasteiger partial charge in [0.15, 0.2) is 0 Å². The summed E-state index contributed by atoms with van der Waals surface area (Å²) in [5.41, 5.74) is 7.44. The lowest BCUT2D eigenvalue weighted by Crippen LogP contribution is -1.88. The molecule has 0 amide bonds. The molecule has 0 saturated carbocycles. The average molecular weight is 224 g/mol. The van der Waals surface area contributed by atoms with E-state index in [2.05, 4.69) is 10.2 Å². The second kappa shape index (κ2) is 3.82. The van der Waals surface area contributed by atoms with E-state index >= 15 is 0 Å². The van der Waals surface area contributed by atoms with Gasteiger partial charge in [-0.05, 0) is 17.7 Å². The van der Waals surface area contributed by atoms with Crippen molar-refractivity contribution < 1.29 is 4.74 Å². The highest BCUT2D eigenvalue weighted by Gasteiger charge is 2.07. The van der Waals surface area contributed by atoms with Crippen molar-refractivity contribution in [1.29, 1.82) is 0 Å². The minimum atomic E-state index is 0.524. The van der Waals surface area contributed by atoms with E-state index in [1.807, 2.05) is 6.07 Å². The quantitative estimate of drug-likeness (QED) is 0.821. The predicted molar refractivity (Wildman–Crippen MR) is 60.0 cm³/mol. The van der Waals surface area contributed by atoms with Crippen LogP contribution in [0.25, 0.3) is 11.1 Å². The Hall–Kier alpha value is -1.68. The highest BCUT2D eigenvalue weighted by atomic mass is 35.5. The standard InChI is InChI=1S/C10H10ClN3O/c1-15-9-3-2-6(4-8(9)11)7-5-13-14-10(7)12/h2-5H,1H3,(H3,12,13,14). The number of methoxy groups -OCH3 is 1. The van der Waals surface area contributed by atoms with Crippen molar-refractivity contribution in [2.24, 2.45) is 0 Å². The van der Waals surface area contributed by atoms with Gasteiger partial charge in [0.1, 0.15) is 11.6 Å². The molecule has 1 heterocycles. The van der Waals surface area contributed by atoms with Gasteiger partial charge < -0.3 is 10.5 Å². The summed E-state index contributed by atoms with van der Waals surface area (Å²) >= 11 is 6.00. The lowest BCUT2D eigenvalue weighted by atomic mass is 10.1. The van der Waals surface area contributed by atoms with Crippen LogP contribution in [0.3, 0.4) is 0 Å². The minimum absolute atomic E-state index is 0.524. The van der Waals surface area contributed by atoms with Gasteiger partial charge in [-0.1, -0.05) is 17.7 Å². The van der Waals surface area contributed by atoms with E-state index in [0.29, 0.717) is 16.6 Å². The van der Waals surface area contributed by atoms with Crippen molar-refractivity contribution in [2.45, 2.75) is 0 Å². The number of rotatable bonds is 2. The van der Waals surface area contributed by atoms with Crippen LogP contribution in [-0.4, -0.2) is 17.3 Å². The van der Waals surface area contributed by atoms with Gasteiger partial charge in [0, 0.05) is 5.56 Å². The number of nitrogens with zero attached hydrogens (tertiary/aromatic N) is 1. The van der Waals surface area contributed by atoms with Gasteiger partial charge in [-0.25, -0.2) is 0 Å². The van der Waals surface area contributed by atoms with Crippen molar-refractivity contribution in [1.82, 2.24) is 10.2 Å². The number of nitrogens with two attached hydrogens (primary N) is 1. The van der Waals surface area contributed by atoms with E-state index in [9.17, 15) is 0 Å². The van der Waals surface area contributed by atoms with Crippen molar-refractivity contribution in [3.05, 3.63) is 29.4 Å². The van der Waals surface area contributed by atoms with E-state index in [1.165, 1.54) is 0 Å². The van der Waals surface area contributed by atoms with Gasteiger partial charge in [-0.15, -0.1) is 0 Å². The summed E-state index contributed by atoms with van der Waals surface area (Å²) in [6.45, 7) is 0. The third-order valence-electron chi connectivity index (χ3n) is 2.13. The minimum Gasteiger partial charge on any atom is -0.495 e. The van der Waals surface area contributed by atoms with Crippen LogP contribution >= 0.6 is 11.6 Å². The zero-order valence-corrected chi connectivity index (χ0v) is 8.88. The first kappa shape index (κ1) is 9.86. The normalized spacial score (nSPS) is 10.3. The molecule has 0 fully saturated rings. The summed E-state index contributed by atoms with van der Waals surface area (Å²) in [5.74, 6) is 1.17. The first-order valence-corrected chi connectivity index (χ1v) is 4.73. The second-order valence-corrected chi connectivity index (χ2v) is 3.45. The molecule has 4 nitrogen and oxygen atoms in total. The Bertz CT molecular complexity index is 481. The van der Waals surface area contributed by atoms with E-state index in [-0.39, 0.29) is 0 Å². The number of anilines is 1. The van der Waals surface area contributed by atoms with Crippen LogP contribution in [0.4, 0.5) is 5.82 Å². The number of aromatic amines is 1. The molecule has 1 aromatic carbocycles. The summed E-state index contributed by atoms with van der Waals surface area (Å²) in [7, 11) is 1.58. The van der Waals surface area contributed by atoms with Crippen LogP contribution < -0.4 is 10.5 Å². The van der Waals surface area contributed by atoms with Crippen molar-refractivity contribution >= 4 is 17.4 Å². The number of hydrogen-bond donors (Lipinski definition) is 2. The van der Waals surface area contributed by atoms with Crippen LogP contribution in [0.1, 0.15) is 0 Å². The average Bonchev–Trinajstić information content (AvgIpc) is 2.64. The molecule has 3 N–H and O–H groups in total. The largest absolute Gasteiger partial charge is 0.495 e. The van der Waals surface area contributed by atoms with Gasteiger partial charge in [0.05, 0.1) is 18.3 Å². The van der Waals surface area contributed by atoms with E-state index in [4.69, 9.17) is 22.1 Å². The molecule has 2 rings (SSSR count). The smallest absolute Gasteiger partial charge is 0.137 e. The van der Waals surface area contributed by atoms with Crippen LogP contribution in [0.15, 0.2) is 24.4 Å². The van der Waals surface area contributed by atoms with Crippen LogP contribution in [-0.2, 0) is 0 Å². The summed E-state index contributed by atoms with van der Waals surface area (Å²) < 4.78 is 5.06. The van der Waals surface area contributed by atoms with Crippen molar-refractivity contribution in [2.75, 3.05) is 12.8 Å². The Balaban J connectivity index is 2.47. The fraction of sp³-hybridized carbons (Fsp3) is 0.100. The molecule has 0 aliphatic rings. The molecule has 15 heavy (non-hydrogen) atoms. The monoisotopic (exact) mass is 223 g/mol. The maximum absolute atomic E-state index is 6.00. The summed E-state index contributed by atoms with van der Waals surface area (Å²) in [6, 6.07) is 5.47. The van der Waals surface area contributed by atoms with Gasteiger partial charge in [0.2, 0.25) is 0 Å². The fourth-order valence-corrected chi connectivity index (χ4v) is 1.62. The van der Waals surface area contributed by atoms with Crippen LogP contribution in [0, 0.1) is 0 Å². The second-order valence-electron chi connectivity index (χ2n) is 3.05. The Morgan fingerprint density at radius 1 is 1.47 bits per heavy atom. The number of benzene rings is 1. The number of ether oxygens (including phenoxy) is 1. The molecule has 0 bridgehead atoms. The number of nitrogen functional groups attached to an aromatic ring is 1. The number of H-pyrrole nitrogens is 1. The van der Waals surface area contributed by atoms with Gasteiger partial charge >= 0.3 is 0 Å². The Labute approximate surface area is 92.0 Å². The maximum Gasteiger partial charge on any atom is 0.137 e. The lowest BCUT2D eigenvalue weighted by Gasteiger charge is -2.05. The molecule has 0 spiro atoms. The van der Waals surface area contributed by atoms with Crippen molar-refractivity contribution in [3.63, 3.8) is 0 Å². The number of hydrogen-bond acceptors (Lipinski definition) is 3. The van der Waals surface area contributed by atoms with E-state index < -0.39 is 0 Å². The predicted octanol–water partition coefficient (Wildman–Crippen LogP) is 2.32. The van der Waals surface area contributed by atoms with Crippen LogP contribution in [0.5, 0.6) is 5.75 Å². The molecule has 0 unspecified atom stereocenters. The van der Waals surface area contributed by atoms with E-state index in [0.717, 1.165) is 11.1 Å². The van der Waals surface area contributed by atoms with Gasteiger partial charge in [0.25, 0.3) is 0 Å². The zero-order chi connectivity index (χ0) is 10.8. The lowest BCUT2D eigenvalue weighted by molar-refractivity contribution is 0.415. The third kappa shape index (κ3) is 1.76. The highest BCUT2D eigenvalue weighted by Crippen LogP contribution is 2.31. The molecule has 78 valence electrons. The van der Waals surface area contributed by atoms with Crippen molar-refractivity contribution in [3.8, 4) is 16.9 Å². The first-order valence-electron chi connectivity index (χ1n) is 4.35. The Morgan fingerprint density at radius 2 is 2.27 bits per heavy atom. The molecule has 0 aliphatic carbocycles. The molecular weight excluding hydrogens is 214 g/mol. The molecule has 2 aromatic rings. The summed E-state index contributed by atoms with van der Waals surface area (Å²) in [5, 5.41) is 7.07. The Morgan fingerprint density at radius 3 is 2.80 bits per heavy atom. The first-order chi connectivity index (χ1) is 7.22. The summed E-state index contributed by atoms with van der Waals surface area (Å²) in [6.07, 6.45) is 1.66. The van der Waals surface area contributed by atoms with Gasteiger partial charge in [-0.3, -0.25) is 5.10 Å². The molecular formula is C10H10ClN3O. The third-order valence-corrected chi connectivity index (χ3v) is 2.43. The fourth-order valence-electron chi connectivity index (χ4n) is 1.36. The molecule has 0 radical (unpaired) electrons. The molecule has 1 aromatic heterocycles. The number of aromatic nitrogens is 2. The topological polar surface area (TPSA) is 63.9 Å². The molecule has 0 atom stereocenters. The molecule has 0 saturated heterocycles. The van der Waals surface area contributed by atoms with E-state index in [1.54, 1.807) is 25.4 Å². The zero-order valence-electron chi connectivity index (χ0n) is 8.12. The Kier molecular flexibility index (Phi) is 2.51. The van der Waals surface area contributed by atoms with Crippen LogP contribution in [0.2, 0.25) is 5.02 Å². The number of halogens is 1. The van der Waals surface area contributed by atoms with Gasteiger partial charge in [-0.2, -0.15) is 5.10 Å². The molecule has 5 heteroatoms. The number of nitrogens with one attached hydrogen (secondary N) is 1. The molecule has 0 aliphatic heterocycles.